The van der Waals surface area contributed by atoms with Crippen molar-refractivity contribution in [3.8, 4) is 0 Å². The normalized spacial score (nSPS) is 34.4. The summed E-state index contributed by atoms with van der Waals surface area (Å²) in [5, 5.41) is 3.54. The standard InChI is InChI=1S/C16H29N3O/c1-17-16(18-9-8-15-7-4-10-20-15)19-11-13-5-2-3-6-14(13)12-19/h13-15H,2-12H2,1H3,(H,17,18). The van der Waals surface area contributed by atoms with Crippen LogP contribution < -0.4 is 5.32 Å². The zero-order valence-electron chi connectivity index (χ0n) is 12.8. The first-order valence-electron chi connectivity index (χ1n) is 8.44. The van der Waals surface area contributed by atoms with Crippen molar-refractivity contribution >= 4 is 5.96 Å². The number of fused-ring (bicyclic) bond motifs is 1. The van der Waals surface area contributed by atoms with Gasteiger partial charge in [0.25, 0.3) is 0 Å². The number of hydrogen-bond acceptors (Lipinski definition) is 2. The van der Waals surface area contributed by atoms with E-state index in [0.717, 1.165) is 37.4 Å². The molecule has 0 aromatic heterocycles. The summed E-state index contributed by atoms with van der Waals surface area (Å²) in [4.78, 5) is 6.97. The van der Waals surface area contributed by atoms with Gasteiger partial charge in [0.15, 0.2) is 5.96 Å². The predicted molar refractivity (Wildman–Crippen MR) is 82.0 cm³/mol. The third-order valence-corrected chi connectivity index (χ3v) is 5.26. The van der Waals surface area contributed by atoms with Crippen molar-refractivity contribution in [3.05, 3.63) is 0 Å². The Morgan fingerprint density at radius 1 is 1.15 bits per heavy atom. The van der Waals surface area contributed by atoms with E-state index in [1.165, 1.54) is 51.6 Å². The van der Waals surface area contributed by atoms with Gasteiger partial charge >= 0.3 is 0 Å². The lowest BCUT2D eigenvalue weighted by Gasteiger charge is -2.22. The Hall–Kier alpha value is -0.770. The molecule has 4 heteroatoms. The first-order chi connectivity index (χ1) is 9.86. The maximum Gasteiger partial charge on any atom is 0.193 e. The molecule has 3 atom stereocenters. The van der Waals surface area contributed by atoms with Crippen LogP contribution >= 0.6 is 0 Å². The lowest BCUT2D eigenvalue weighted by Crippen LogP contribution is -2.41. The smallest absolute Gasteiger partial charge is 0.193 e. The third-order valence-electron chi connectivity index (χ3n) is 5.26. The van der Waals surface area contributed by atoms with Gasteiger partial charge in [0, 0.05) is 33.3 Å². The Labute approximate surface area is 123 Å². The summed E-state index contributed by atoms with van der Waals surface area (Å²) in [6, 6.07) is 0. The molecule has 114 valence electrons. The molecule has 2 heterocycles. The number of ether oxygens (including phenoxy) is 1. The van der Waals surface area contributed by atoms with E-state index in [2.05, 4.69) is 15.2 Å². The molecule has 1 N–H and O–H groups in total. The number of rotatable bonds is 3. The van der Waals surface area contributed by atoms with Crippen LogP contribution in [0.15, 0.2) is 4.99 Å². The van der Waals surface area contributed by atoms with Crippen molar-refractivity contribution in [1.82, 2.24) is 10.2 Å². The van der Waals surface area contributed by atoms with Gasteiger partial charge in [-0.05, 0) is 43.9 Å². The van der Waals surface area contributed by atoms with E-state index < -0.39 is 0 Å². The maximum atomic E-state index is 5.68. The van der Waals surface area contributed by atoms with Crippen LogP contribution in [-0.4, -0.2) is 50.3 Å². The second-order valence-electron chi connectivity index (χ2n) is 6.61. The topological polar surface area (TPSA) is 36.9 Å². The minimum atomic E-state index is 0.474. The maximum absolute atomic E-state index is 5.68. The third kappa shape index (κ3) is 3.27. The van der Waals surface area contributed by atoms with E-state index in [4.69, 9.17) is 4.74 Å². The Morgan fingerprint density at radius 3 is 2.50 bits per heavy atom. The summed E-state index contributed by atoms with van der Waals surface area (Å²) in [5.41, 5.74) is 0. The summed E-state index contributed by atoms with van der Waals surface area (Å²) in [6.07, 6.45) is 9.76. The first-order valence-corrected chi connectivity index (χ1v) is 8.44. The minimum Gasteiger partial charge on any atom is -0.378 e. The van der Waals surface area contributed by atoms with Crippen molar-refractivity contribution in [2.75, 3.05) is 33.3 Å². The molecule has 3 aliphatic rings. The van der Waals surface area contributed by atoms with Gasteiger partial charge in [-0.25, -0.2) is 0 Å². The highest BCUT2D eigenvalue weighted by atomic mass is 16.5. The fraction of sp³-hybridized carbons (Fsp3) is 0.938. The molecule has 1 aliphatic carbocycles. The molecular weight excluding hydrogens is 250 g/mol. The van der Waals surface area contributed by atoms with Crippen LogP contribution in [0, 0.1) is 11.8 Å². The first kappa shape index (κ1) is 14.2. The van der Waals surface area contributed by atoms with Crippen LogP contribution in [0.3, 0.4) is 0 Å². The Bertz CT molecular complexity index is 325. The zero-order chi connectivity index (χ0) is 13.8. The van der Waals surface area contributed by atoms with Crippen LogP contribution in [0.4, 0.5) is 0 Å². The fourth-order valence-electron chi connectivity index (χ4n) is 4.13. The highest BCUT2D eigenvalue weighted by Crippen LogP contribution is 2.35. The minimum absolute atomic E-state index is 0.474. The second kappa shape index (κ2) is 6.79. The molecule has 0 radical (unpaired) electrons. The van der Waals surface area contributed by atoms with Gasteiger partial charge < -0.3 is 15.0 Å². The van der Waals surface area contributed by atoms with Gasteiger partial charge in [0.2, 0.25) is 0 Å². The summed E-state index contributed by atoms with van der Waals surface area (Å²) in [6.45, 7) is 4.37. The predicted octanol–water partition coefficient (Wildman–Crippen LogP) is 2.25. The molecule has 2 aliphatic heterocycles. The van der Waals surface area contributed by atoms with E-state index in [1.54, 1.807) is 0 Å². The number of likely N-dealkylation sites (tertiary alicyclic amines) is 1. The van der Waals surface area contributed by atoms with Crippen molar-refractivity contribution in [2.45, 2.75) is 51.0 Å². The summed E-state index contributed by atoms with van der Waals surface area (Å²) in [5.74, 6) is 2.94. The van der Waals surface area contributed by atoms with Crippen molar-refractivity contribution in [1.29, 1.82) is 0 Å². The van der Waals surface area contributed by atoms with E-state index in [0.29, 0.717) is 6.10 Å². The Balaban J connectivity index is 1.44. The molecule has 0 amide bonds. The molecule has 0 spiro atoms. The number of aliphatic imine (C=N–C) groups is 1. The van der Waals surface area contributed by atoms with Gasteiger partial charge in [0.1, 0.15) is 0 Å². The van der Waals surface area contributed by atoms with Crippen LogP contribution in [0.2, 0.25) is 0 Å². The number of nitrogens with one attached hydrogen (secondary N) is 1. The lowest BCUT2D eigenvalue weighted by atomic mass is 9.82. The van der Waals surface area contributed by atoms with Crippen molar-refractivity contribution in [3.63, 3.8) is 0 Å². The lowest BCUT2D eigenvalue weighted by molar-refractivity contribution is 0.105. The van der Waals surface area contributed by atoms with Crippen LogP contribution in [0.25, 0.3) is 0 Å². The van der Waals surface area contributed by atoms with Crippen LogP contribution in [-0.2, 0) is 4.74 Å². The van der Waals surface area contributed by atoms with Crippen molar-refractivity contribution in [2.24, 2.45) is 16.8 Å². The van der Waals surface area contributed by atoms with Gasteiger partial charge in [-0.2, -0.15) is 0 Å². The molecule has 20 heavy (non-hydrogen) atoms. The van der Waals surface area contributed by atoms with E-state index in [1.807, 2.05) is 7.05 Å². The van der Waals surface area contributed by atoms with Gasteiger partial charge in [-0.1, -0.05) is 12.8 Å². The molecule has 2 saturated heterocycles. The van der Waals surface area contributed by atoms with E-state index >= 15 is 0 Å². The molecule has 4 nitrogen and oxygen atoms in total. The Kier molecular flexibility index (Phi) is 4.81. The Morgan fingerprint density at radius 2 is 1.90 bits per heavy atom. The number of hydrogen-bond donors (Lipinski definition) is 1. The van der Waals surface area contributed by atoms with Gasteiger partial charge in [-0.3, -0.25) is 4.99 Å². The van der Waals surface area contributed by atoms with Gasteiger partial charge in [0.05, 0.1) is 6.10 Å². The molecule has 1 saturated carbocycles. The summed E-state index contributed by atoms with van der Waals surface area (Å²) in [7, 11) is 1.91. The average Bonchev–Trinajstić information content (AvgIpc) is 3.12. The largest absolute Gasteiger partial charge is 0.378 e. The quantitative estimate of drug-likeness (QED) is 0.636. The van der Waals surface area contributed by atoms with E-state index in [-0.39, 0.29) is 0 Å². The molecule has 0 aromatic rings. The molecule has 0 bridgehead atoms. The second-order valence-corrected chi connectivity index (χ2v) is 6.61. The average molecular weight is 279 g/mol. The molecular formula is C16H29N3O. The van der Waals surface area contributed by atoms with Crippen LogP contribution in [0.5, 0.6) is 0 Å². The fourth-order valence-corrected chi connectivity index (χ4v) is 4.13. The summed E-state index contributed by atoms with van der Waals surface area (Å²) >= 11 is 0. The van der Waals surface area contributed by atoms with E-state index in [9.17, 15) is 0 Å². The van der Waals surface area contributed by atoms with Crippen LogP contribution in [0.1, 0.15) is 44.9 Å². The molecule has 0 aromatic carbocycles. The molecule has 3 unspecified atom stereocenters. The number of guanidine groups is 1. The molecule has 3 fully saturated rings. The number of nitrogens with zero attached hydrogens (tertiary/aromatic N) is 2. The SMILES string of the molecule is CN=C(NCCC1CCCO1)N1CC2CCCCC2C1. The van der Waals surface area contributed by atoms with Gasteiger partial charge in [-0.15, -0.1) is 0 Å². The highest BCUT2D eigenvalue weighted by molar-refractivity contribution is 5.80. The monoisotopic (exact) mass is 279 g/mol. The highest BCUT2D eigenvalue weighted by Gasteiger charge is 2.35. The zero-order valence-corrected chi connectivity index (χ0v) is 12.8. The molecule has 3 rings (SSSR count). The summed E-state index contributed by atoms with van der Waals surface area (Å²) < 4.78 is 5.68. The van der Waals surface area contributed by atoms with Crippen molar-refractivity contribution < 1.29 is 4.74 Å².